The Balaban J connectivity index is 1.51. The number of halogens is 4. The van der Waals surface area contributed by atoms with Crippen LogP contribution in [0.1, 0.15) is 36.2 Å². The molecule has 0 spiro atoms. The smallest absolute Gasteiger partial charge is 0.231 e. The number of aromatic nitrogens is 1. The molecule has 1 fully saturated rings. The van der Waals surface area contributed by atoms with Gasteiger partial charge >= 0.3 is 0 Å². The van der Waals surface area contributed by atoms with Gasteiger partial charge in [0.05, 0.1) is 25.4 Å². The van der Waals surface area contributed by atoms with Crippen LogP contribution in [-0.4, -0.2) is 77.1 Å². The Labute approximate surface area is 218 Å². The number of likely N-dealkylation sites (tertiary alicyclic amines) is 1. The van der Waals surface area contributed by atoms with E-state index in [-0.39, 0.29) is 24.3 Å². The summed E-state index contributed by atoms with van der Waals surface area (Å²) >= 11 is 0. The largest absolute Gasteiger partial charge is 0.392 e. The summed E-state index contributed by atoms with van der Waals surface area (Å²) in [4.78, 5) is 6.91. The molecule has 2 aromatic carbocycles. The van der Waals surface area contributed by atoms with Gasteiger partial charge in [-0.15, -0.1) is 0 Å². The molecule has 3 aromatic rings. The van der Waals surface area contributed by atoms with Crippen LogP contribution in [0.25, 0.3) is 10.9 Å². The quantitative estimate of drug-likeness (QED) is 0.357. The number of hydrogen-bond acceptors (Lipinski definition) is 5. The number of nitrogens with zero attached hydrogens (tertiary/aromatic N) is 3. The summed E-state index contributed by atoms with van der Waals surface area (Å²) in [7, 11) is 0. The van der Waals surface area contributed by atoms with Crippen LogP contribution < -0.4 is 5.32 Å². The zero-order chi connectivity index (χ0) is 27.0. The Morgan fingerprint density at radius 3 is 2.58 bits per heavy atom. The van der Waals surface area contributed by atoms with Crippen LogP contribution in [0.3, 0.4) is 0 Å². The maximum absolute atomic E-state index is 15.8. The molecular weight excluding hydrogens is 498 g/mol. The van der Waals surface area contributed by atoms with Crippen LogP contribution in [0.4, 0.5) is 23.2 Å². The van der Waals surface area contributed by atoms with Gasteiger partial charge in [0.15, 0.2) is 0 Å². The molecule has 10 heteroatoms. The standard InChI is InChI=1S/C28H31F4N5O/c1-17-9-21-20-5-2-3-6-24(20)35-26(21)27(37(17)15-28(32,14-33)16-38)25-22(30)10-18(11-23(25)31)34-19-12-36(13-19)8-4-7-29/h2-3,5-6,10-11,17,19,27,34-35,38H,4,7-9,12-13,15-16H2,1H3/t17-,27-,28+/m1/s1. The first-order chi connectivity index (χ1) is 18.3. The number of para-hydroxylation sites is 1. The summed E-state index contributed by atoms with van der Waals surface area (Å²) in [6, 6.07) is 10.1. The third kappa shape index (κ3) is 4.86. The number of aliphatic hydroxyl groups excluding tert-OH is 1. The van der Waals surface area contributed by atoms with Crippen molar-refractivity contribution < 1.29 is 22.7 Å². The molecule has 0 saturated carbocycles. The highest BCUT2D eigenvalue weighted by Crippen LogP contribution is 2.43. The van der Waals surface area contributed by atoms with E-state index < -0.39 is 36.5 Å². The molecule has 2 aliphatic rings. The first-order valence-corrected chi connectivity index (χ1v) is 12.9. The molecule has 38 heavy (non-hydrogen) atoms. The van der Waals surface area contributed by atoms with Gasteiger partial charge in [-0.3, -0.25) is 14.2 Å². The Morgan fingerprint density at radius 1 is 1.21 bits per heavy atom. The maximum Gasteiger partial charge on any atom is 0.231 e. The summed E-state index contributed by atoms with van der Waals surface area (Å²) in [5.74, 6) is -1.58. The van der Waals surface area contributed by atoms with E-state index in [2.05, 4.69) is 15.2 Å². The molecule has 0 aliphatic carbocycles. The number of nitrogens with one attached hydrogen (secondary N) is 2. The zero-order valence-electron chi connectivity index (χ0n) is 21.2. The number of fused-ring (bicyclic) bond motifs is 3. The lowest BCUT2D eigenvalue weighted by Crippen LogP contribution is -2.54. The number of aliphatic hydroxyl groups is 1. The van der Waals surface area contributed by atoms with E-state index in [4.69, 9.17) is 0 Å². The van der Waals surface area contributed by atoms with Crippen molar-refractivity contribution in [2.45, 2.75) is 43.6 Å². The van der Waals surface area contributed by atoms with E-state index in [1.165, 1.54) is 18.2 Å². The van der Waals surface area contributed by atoms with E-state index in [0.717, 1.165) is 16.5 Å². The van der Waals surface area contributed by atoms with E-state index in [1.54, 1.807) is 4.90 Å². The summed E-state index contributed by atoms with van der Waals surface area (Å²) < 4.78 is 59.1. The highest BCUT2D eigenvalue weighted by molar-refractivity contribution is 5.85. The molecule has 202 valence electrons. The fraction of sp³-hybridized carbons (Fsp3) is 0.464. The lowest BCUT2D eigenvalue weighted by molar-refractivity contribution is 0.0383. The van der Waals surface area contributed by atoms with Gasteiger partial charge < -0.3 is 15.4 Å². The van der Waals surface area contributed by atoms with Crippen LogP contribution in [0.2, 0.25) is 0 Å². The van der Waals surface area contributed by atoms with E-state index >= 15 is 13.2 Å². The minimum absolute atomic E-state index is 0.00175. The lowest BCUT2D eigenvalue weighted by atomic mass is 9.87. The van der Waals surface area contributed by atoms with E-state index in [1.807, 2.05) is 31.2 Å². The van der Waals surface area contributed by atoms with Gasteiger partial charge in [0.1, 0.15) is 17.7 Å². The second-order valence-electron chi connectivity index (χ2n) is 10.4. The maximum atomic E-state index is 15.8. The van der Waals surface area contributed by atoms with Gasteiger partial charge in [-0.05, 0) is 43.5 Å². The monoisotopic (exact) mass is 529 g/mol. The molecule has 6 nitrogen and oxygen atoms in total. The molecule has 2 aliphatic heterocycles. The van der Waals surface area contributed by atoms with Gasteiger partial charge in [0.25, 0.3) is 0 Å². The Kier molecular flexibility index (Phi) is 7.36. The minimum Gasteiger partial charge on any atom is -0.392 e. The van der Waals surface area contributed by atoms with Crippen LogP contribution >= 0.6 is 0 Å². The molecule has 0 bridgehead atoms. The average molecular weight is 530 g/mol. The molecule has 0 radical (unpaired) electrons. The third-order valence-electron chi connectivity index (χ3n) is 7.69. The fourth-order valence-corrected chi connectivity index (χ4v) is 5.77. The van der Waals surface area contributed by atoms with Gasteiger partial charge in [-0.2, -0.15) is 5.26 Å². The number of aromatic amines is 1. The predicted octanol–water partition coefficient (Wildman–Crippen LogP) is 4.46. The van der Waals surface area contributed by atoms with E-state index in [9.17, 15) is 14.8 Å². The molecule has 1 saturated heterocycles. The normalized spacial score (nSPS) is 22.0. The summed E-state index contributed by atoms with van der Waals surface area (Å²) in [6.45, 7) is 1.86. The summed E-state index contributed by atoms with van der Waals surface area (Å²) in [6.07, 6.45) is 0.936. The number of rotatable bonds is 9. The van der Waals surface area contributed by atoms with Crippen molar-refractivity contribution in [1.29, 1.82) is 5.26 Å². The van der Waals surface area contributed by atoms with Crippen molar-refractivity contribution in [2.75, 3.05) is 44.8 Å². The molecule has 5 rings (SSSR count). The Morgan fingerprint density at radius 2 is 1.92 bits per heavy atom. The molecule has 3 heterocycles. The van der Waals surface area contributed by atoms with Crippen LogP contribution in [0, 0.1) is 23.0 Å². The van der Waals surface area contributed by atoms with Crippen LogP contribution in [-0.2, 0) is 6.42 Å². The van der Waals surface area contributed by atoms with Crippen molar-refractivity contribution in [2.24, 2.45) is 0 Å². The van der Waals surface area contributed by atoms with Gasteiger partial charge in [-0.25, -0.2) is 13.2 Å². The second-order valence-corrected chi connectivity index (χ2v) is 10.4. The molecule has 3 N–H and O–H groups in total. The minimum atomic E-state index is -2.59. The number of nitriles is 1. The first-order valence-electron chi connectivity index (χ1n) is 12.9. The molecule has 1 aromatic heterocycles. The van der Waals surface area contributed by atoms with Gasteiger partial charge in [0, 0.05) is 60.1 Å². The van der Waals surface area contributed by atoms with Crippen molar-refractivity contribution in [1.82, 2.24) is 14.8 Å². The summed E-state index contributed by atoms with van der Waals surface area (Å²) in [5, 5.41) is 23.0. The highest BCUT2D eigenvalue weighted by atomic mass is 19.1. The van der Waals surface area contributed by atoms with Crippen LogP contribution in [0.15, 0.2) is 36.4 Å². The van der Waals surface area contributed by atoms with Gasteiger partial charge in [-0.1, -0.05) is 18.2 Å². The number of hydrogen-bond donors (Lipinski definition) is 3. The highest BCUT2D eigenvalue weighted by Gasteiger charge is 2.43. The van der Waals surface area contributed by atoms with Crippen molar-refractivity contribution in [3.05, 3.63) is 64.9 Å². The number of H-pyrrole nitrogens is 1. The molecule has 3 atom stereocenters. The number of alkyl halides is 2. The average Bonchev–Trinajstić information content (AvgIpc) is 3.24. The van der Waals surface area contributed by atoms with Crippen molar-refractivity contribution in [3.63, 3.8) is 0 Å². The molecular formula is C28H31F4N5O. The van der Waals surface area contributed by atoms with E-state index in [0.29, 0.717) is 43.9 Å². The topological polar surface area (TPSA) is 78.3 Å². The molecule has 0 unspecified atom stereocenters. The Hall–Kier alpha value is -3.13. The van der Waals surface area contributed by atoms with Crippen molar-refractivity contribution in [3.8, 4) is 6.07 Å². The lowest BCUT2D eigenvalue weighted by Gasteiger charge is -2.43. The first kappa shape index (κ1) is 26.5. The number of anilines is 1. The molecule has 0 amide bonds. The zero-order valence-corrected chi connectivity index (χ0v) is 21.2. The predicted molar refractivity (Wildman–Crippen MR) is 137 cm³/mol. The van der Waals surface area contributed by atoms with Crippen molar-refractivity contribution >= 4 is 16.6 Å². The summed E-state index contributed by atoms with van der Waals surface area (Å²) in [5.41, 5.74) is -0.313. The SMILES string of the molecule is C[C@@H]1Cc2c([nH]c3ccccc23)[C@@H](c2c(F)cc(NC3CN(CCCF)C3)cc2F)N1C[C@@](F)(C#N)CO. The fourth-order valence-electron chi connectivity index (χ4n) is 5.77. The van der Waals surface area contributed by atoms with Crippen LogP contribution in [0.5, 0.6) is 0 Å². The number of benzene rings is 2. The Bertz CT molecular complexity index is 1330. The third-order valence-corrected chi connectivity index (χ3v) is 7.69. The second kappa shape index (κ2) is 10.6. The van der Waals surface area contributed by atoms with Gasteiger partial charge in [0.2, 0.25) is 5.67 Å².